The molecule has 1 aromatic heterocycles. The van der Waals surface area contributed by atoms with Crippen LogP contribution in [-0.2, 0) is 11.3 Å². The minimum absolute atomic E-state index is 0.154. The summed E-state index contributed by atoms with van der Waals surface area (Å²) in [6.07, 6.45) is 4.62. The van der Waals surface area contributed by atoms with Crippen molar-refractivity contribution >= 4 is 5.91 Å². The maximum Gasteiger partial charge on any atom is 0.224 e. The largest absolute Gasteiger partial charge is 0.359 e. The first-order valence-electron chi connectivity index (χ1n) is 5.62. The molecule has 4 heteroatoms. The molecule has 1 aliphatic heterocycles. The number of amides is 1. The van der Waals surface area contributed by atoms with Crippen molar-refractivity contribution in [2.75, 3.05) is 20.1 Å². The Labute approximate surface area is 95.7 Å². The van der Waals surface area contributed by atoms with Crippen LogP contribution in [0.25, 0.3) is 0 Å². The highest BCUT2D eigenvalue weighted by Crippen LogP contribution is 2.18. The molecule has 2 rings (SSSR count). The molecule has 0 saturated carbocycles. The van der Waals surface area contributed by atoms with Crippen molar-refractivity contribution in [2.24, 2.45) is 5.92 Å². The van der Waals surface area contributed by atoms with Crippen molar-refractivity contribution < 1.29 is 4.79 Å². The zero-order valence-corrected chi connectivity index (χ0v) is 9.52. The maximum atomic E-state index is 11.5. The summed E-state index contributed by atoms with van der Waals surface area (Å²) in [6, 6.07) is 4.02. The molecule has 1 saturated heterocycles. The van der Waals surface area contributed by atoms with Crippen molar-refractivity contribution in [3.63, 3.8) is 0 Å². The second-order valence-electron chi connectivity index (χ2n) is 4.20. The van der Waals surface area contributed by atoms with Crippen molar-refractivity contribution in [2.45, 2.75) is 13.0 Å². The van der Waals surface area contributed by atoms with Crippen LogP contribution in [-0.4, -0.2) is 35.9 Å². The van der Waals surface area contributed by atoms with Crippen molar-refractivity contribution in [1.29, 1.82) is 0 Å². The number of pyridine rings is 1. The fourth-order valence-electron chi connectivity index (χ4n) is 2.14. The summed E-state index contributed by atoms with van der Waals surface area (Å²) < 4.78 is 0. The van der Waals surface area contributed by atoms with Gasteiger partial charge in [-0.25, -0.2) is 0 Å². The Kier molecular flexibility index (Phi) is 3.51. The Morgan fingerprint density at radius 1 is 1.69 bits per heavy atom. The lowest BCUT2D eigenvalue weighted by Gasteiger charge is -2.15. The van der Waals surface area contributed by atoms with Gasteiger partial charge in [-0.15, -0.1) is 0 Å². The first-order chi connectivity index (χ1) is 7.79. The fourth-order valence-corrected chi connectivity index (χ4v) is 2.14. The molecule has 1 atom stereocenters. The molecule has 2 heterocycles. The lowest BCUT2D eigenvalue weighted by Crippen LogP contribution is -2.30. The number of carbonyl (C=O) groups excluding carboxylic acids is 1. The Hall–Kier alpha value is -1.42. The third-order valence-electron chi connectivity index (χ3n) is 3.02. The Bertz CT molecular complexity index is 353. The molecule has 86 valence electrons. The van der Waals surface area contributed by atoms with Gasteiger partial charge in [0, 0.05) is 32.5 Å². The Morgan fingerprint density at radius 2 is 2.56 bits per heavy atom. The number of aromatic nitrogens is 1. The van der Waals surface area contributed by atoms with Gasteiger partial charge < -0.3 is 5.32 Å². The third-order valence-corrected chi connectivity index (χ3v) is 3.02. The molecule has 1 N–H and O–H groups in total. The van der Waals surface area contributed by atoms with Crippen LogP contribution in [0.3, 0.4) is 0 Å². The zero-order valence-electron chi connectivity index (χ0n) is 9.52. The molecule has 0 aliphatic carbocycles. The van der Waals surface area contributed by atoms with E-state index in [0.29, 0.717) is 0 Å². The van der Waals surface area contributed by atoms with Crippen molar-refractivity contribution in [3.8, 4) is 0 Å². The number of nitrogens with zero attached hydrogens (tertiary/aromatic N) is 2. The second-order valence-corrected chi connectivity index (χ2v) is 4.20. The summed E-state index contributed by atoms with van der Waals surface area (Å²) in [4.78, 5) is 17.9. The summed E-state index contributed by atoms with van der Waals surface area (Å²) in [7, 11) is 1.70. The Balaban J connectivity index is 1.88. The quantitative estimate of drug-likeness (QED) is 0.812. The first-order valence-corrected chi connectivity index (χ1v) is 5.62. The minimum atomic E-state index is 0.154. The van der Waals surface area contributed by atoms with E-state index in [0.717, 1.165) is 26.1 Å². The van der Waals surface area contributed by atoms with E-state index in [1.807, 2.05) is 12.3 Å². The first kappa shape index (κ1) is 11.1. The molecule has 0 aromatic carbocycles. The van der Waals surface area contributed by atoms with Crippen molar-refractivity contribution in [3.05, 3.63) is 30.1 Å². The van der Waals surface area contributed by atoms with Crippen LogP contribution >= 0.6 is 0 Å². The van der Waals surface area contributed by atoms with Crippen LogP contribution in [0.1, 0.15) is 12.0 Å². The summed E-state index contributed by atoms with van der Waals surface area (Å²) in [5.74, 6) is 0.315. The van der Waals surface area contributed by atoms with E-state index >= 15 is 0 Å². The summed E-state index contributed by atoms with van der Waals surface area (Å²) in [5, 5.41) is 2.71. The van der Waals surface area contributed by atoms with Gasteiger partial charge in [-0.2, -0.15) is 0 Å². The monoisotopic (exact) mass is 219 g/mol. The molecule has 1 fully saturated rings. The highest BCUT2D eigenvalue weighted by atomic mass is 16.1. The van der Waals surface area contributed by atoms with Crippen LogP contribution in [0.4, 0.5) is 0 Å². The standard InChI is InChI=1S/C12H17N3O/c1-13-12(16)11-4-6-15(9-11)8-10-3-2-5-14-7-10/h2-3,5,7,11H,4,6,8-9H2,1H3,(H,13,16). The van der Waals surface area contributed by atoms with Crippen LogP contribution < -0.4 is 5.32 Å². The van der Waals surface area contributed by atoms with Crippen LogP contribution in [0.2, 0.25) is 0 Å². The molecule has 1 aliphatic rings. The Morgan fingerprint density at radius 3 is 3.25 bits per heavy atom. The van der Waals surface area contributed by atoms with E-state index in [4.69, 9.17) is 0 Å². The average Bonchev–Trinajstić information content (AvgIpc) is 2.78. The topological polar surface area (TPSA) is 45.2 Å². The van der Waals surface area contributed by atoms with E-state index in [9.17, 15) is 4.79 Å². The van der Waals surface area contributed by atoms with E-state index in [1.165, 1.54) is 5.56 Å². The van der Waals surface area contributed by atoms with Crippen LogP contribution in [0.5, 0.6) is 0 Å². The number of nitrogens with one attached hydrogen (secondary N) is 1. The molecular formula is C12H17N3O. The number of carbonyl (C=O) groups is 1. The smallest absolute Gasteiger partial charge is 0.224 e. The number of hydrogen-bond acceptors (Lipinski definition) is 3. The van der Waals surface area contributed by atoms with Crippen LogP contribution in [0.15, 0.2) is 24.5 Å². The number of rotatable bonds is 3. The number of likely N-dealkylation sites (tertiary alicyclic amines) is 1. The lowest BCUT2D eigenvalue weighted by molar-refractivity contribution is -0.124. The molecule has 0 bridgehead atoms. The highest BCUT2D eigenvalue weighted by molar-refractivity contribution is 5.78. The summed E-state index contributed by atoms with van der Waals surface area (Å²) in [5.41, 5.74) is 1.21. The van der Waals surface area contributed by atoms with E-state index in [-0.39, 0.29) is 11.8 Å². The zero-order chi connectivity index (χ0) is 11.4. The van der Waals surface area contributed by atoms with Gasteiger partial charge in [0.15, 0.2) is 0 Å². The third kappa shape index (κ3) is 2.58. The molecule has 1 unspecified atom stereocenters. The van der Waals surface area contributed by atoms with Gasteiger partial charge in [-0.3, -0.25) is 14.7 Å². The molecule has 4 nitrogen and oxygen atoms in total. The van der Waals surface area contributed by atoms with Gasteiger partial charge >= 0.3 is 0 Å². The average molecular weight is 219 g/mol. The molecule has 1 aromatic rings. The van der Waals surface area contributed by atoms with Crippen LogP contribution in [0, 0.1) is 5.92 Å². The summed E-state index contributed by atoms with van der Waals surface area (Å²) >= 11 is 0. The van der Waals surface area contributed by atoms with Gasteiger partial charge in [-0.1, -0.05) is 6.07 Å². The highest BCUT2D eigenvalue weighted by Gasteiger charge is 2.27. The van der Waals surface area contributed by atoms with E-state index in [1.54, 1.807) is 13.2 Å². The predicted molar refractivity (Wildman–Crippen MR) is 61.7 cm³/mol. The van der Waals surface area contributed by atoms with Gasteiger partial charge in [0.1, 0.15) is 0 Å². The fraction of sp³-hybridized carbons (Fsp3) is 0.500. The molecule has 0 spiro atoms. The molecular weight excluding hydrogens is 202 g/mol. The summed E-state index contributed by atoms with van der Waals surface area (Å²) in [6.45, 7) is 2.74. The van der Waals surface area contributed by atoms with E-state index < -0.39 is 0 Å². The van der Waals surface area contributed by atoms with Gasteiger partial charge in [0.05, 0.1) is 5.92 Å². The second kappa shape index (κ2) is 5.07. The van der Waals surface area contributed by atoms with Gasteiger partial charge in [-0.05, 0) is 24.6 Å². The molecule has 1 amide bonds. The number of hydrogen-bond donors (Lipinski definition) is 1. The van der Waals surface area contributed by atoms with E-state index in [2.05, 4.69) is 21.3 Å². The predicted octanol–water partition coefficient (Wildman–Crippen LogP) is 0.649. The van der Waals surface area contributed by atoms with Gasteiger partial charge in [0.2, 0.25) is 5.91 Å². The van der Waals surface area contributed by atoms with Gasteiger partial charge in [0.25, 0.3) is 0 Å². The SMILES string of the molecule is CNC(=O)C1CCN(Cc2cccnc2)C1. The molecule has 0 radical (unpaired) electrons. The minimum Gasteiger partial charge on any atom is -0.359 e. The normalized spacial score (nSPS) is 20.9. The molecule has 16 heavy (non-hydrogen) atoms. The maximum absolute atomic E-state index is 11.5. The lowest BCUT2D eigenvalue weighted by atomic mass is 10.1. The van der Waals surface area contributed by atoms with Crippen molar-refractivity contribution in [1.82, 2.24) is 15.2 Å².